The number of rotatable bonds is 7. The maximum Gasteiger partial charge on any atom is 0.0827 e. The lowest BCUT2D eigenvalue weighted by molar-refractivity contribution is 0.178. The summed E-state index contributed by atoms with van der Waals surface area (Å²) >= 11 is 3.52. The van der Waals surface area contributed by atoms with Crippen molar-refractivity contribution in [3.63, 3.8) is 0 Å². The molecule has 0 spiro atoms. The highest BCUT2D eigenvalue weighted by atomic mass is 32.2. The maximum absolute atomic E-state index is 10.6. The maximum atomic E-state index is 10.6. The van der Waals surface area contributed by atoms with E-state index in [0.29, 0.717) is 6.42 Å². The summed E-state index contributed by atoms with van der Waals surface area (Å²) in [4.78, 5) is 2.42. The molecule has 0 bridgehead atoms. The molecule has 0 aliphatic carbocycles. The zero-order valence-corrected chi connectivity index (χ0v) is 16.3. The van der Waals surface area contributed by atoms with Crippen LogP contribution in [-0.2, 0) is 0 Å². The minimum absolute atomic E-state index is 0.487. The zero-order chi connectivity index (χ0) is 18.2. The van der Waals surface area contributed by atoms with E-state index in [4.69, 9.17) is 0 Å². The highest BCUT2D eigenvalue weighted by molar-refractivity contribution is 8.22. The largest absolute Gasteiger partial charge is 0.388 e. The van der Waals surface area contributed by atoms with Crippen molar-refractivity contribution in [3.05, 3.63) is 106 Å². The molecule has 0 unspecified atom stereocenters. The van der Waals surface area contributed by atoms with Gasteiger partial charge in [0.1, 0.15) is 0 Å². The van der Waals surface area contributed by atoms with Gasteiger partial charge in [-0.2, -0.15) is 0 Å². The van der Waals surface area contributed by atoms with E-state index in [9.17, 15) is 5.11 Å². The Hall–Kier alpha value is -1.94. The molecule has 1 atom stereocenters. The third kappa shape index (κ3) is 5.53. The molecule has 0 heterocycles. The summed E-state index contributed by atoms with van der Waals surface area (Å²) in [5.41, 5.74) is 2.16. The lowest BCUT2D eigenvalue weighted by Gasteiger charge is -2.16. The third-order valence-corrected chi connectivity index (χ3v) is 6.52. The van der Waals surface area contributed by atoms with E-state index in [1.165, 1.54) is 19.6 Å². The van der Waals surface area contributed by atoms with Gasteiger partial charge < -0.3 is 5.11 Å². The van der Waals surface area contributed by atoms with Crippen LogP contribution in [0.25, 0.3) is 0 Å². The average Bonchev–Trinajstić information content (AvgIpc) is 2.69. The molecule has 0 fully saturated rings. The molecule has 0 aliphatic heterocycles. The average molecular weight is 379 g/mol. The fourth-order valence-electron chi connectivity index (χ4n) is 2.55. The van der Waals surface area contributed by atoms with E-state index in [1.54, 1.807) is 23.5 Å². The molecule has 0 amide bonds. The topological polar surface area (TPSA) is 20.2 Å². The first-order valence-corrected chi connectivity index (χ1v) is 10.2. The number of aliphatic hydroxyl groups excluding tert-OH is 1. The number of hydrogen-bond donors (Lipinski definition) is 1. The molecule has 3 rings (SSSR count). The van der Waals surface area contributed by atoms with Crippen LogP contribution in [0.1, 0.15) is 25.0 Å². The molecule has 0 aliphatic rings. The van der Waals surface area contributed by atoms with E-state index in [2.05, 4.69) is 55.5 Å². The summed E-state index contributed by atoms with van der Waals surface area (Å²) < 4.78 is 1.22. The zero-order valence-electron chi connectivity index (χ0n) is 14.7. The second-order valence-electron chi connectivity index (χ2n) is 6.03. The normalized spacial score (nSPS) is 11.8. The monoisotopic (exact) mass is 378 g/mol. The van der Waals surface area contributed by atoms with Crippen molar-refractivity contribution in [3.8, 4) is 0 Å². The Morgan fingerprint density at radius 1 is 0.731 bits per heavy atom. The van der Waals surface area contributed by atoms with Crippen molar-refractivity contribution in [2.75, 3.05) is 0 Å². The first-order valence-electron chi connectivity index (χ1n) is 8.61. The van der Waals surface area contributed by atoms with Crippen LogP contribution in [-0.4, -0.2) is 5.11 Å². The predicted octanol–water partition coefficient (Wildman–Crippen LogP) is 6.93. The molecule has 1 N–H and O–H groups in total. The second kappa shape index (κ2) is 9.67. The van der Waals surface area contributed by atoms with Gasteiger partial charge >= 0.3 is 0 Å². The van der Waals surface area contributed by atoms with Gasteiger partial charge in [0.2, 0.25) is 0 Å². The third-order valence-electron chi connectivity index (χ3n) is 3.94. The molecule has 0 saturated heterocycles. The minimum atomic E-state index is -0.487. The molecule has 132 valence electrons. The lowest BCUT2D eigenvalue weighted by Crippen LogP contribution is -1.98. The fraction of sp³-hybridized carbons (Fsp3) is 0.130. The van der Waals surface area contributed by atoms with Gasteiger partial charge in [0.25, 0.3) is 0 Å². The molecular formula is C23H22OS2. The van der Waals surface area contributed by atoms with Gasteiger partial charge in [0.05, 0.1) is 6.10 Å². The molecule has 1 nitrogen and oxygen atoms in total. The number of aliphatic hydroxyl groups is 1. The van der Waals surface area contributed by atoms with Crippen LogP contribution >= 0.6 is 23.5 Å². The molecule has 3 heteroatoms. The van der Waals surface area contributed by atoms with Gasteiger partial charge in [-0.15, -0.1) is 0 Å². The summed E-state index contributed by atoms with van der Waals surface area (Å²) in [7, 11) is 0. The van der Waals surface area contributed by atoms with Crippen LogP contribution in [0.5, 0.6) is 0 Å². The van der Waals surface area contributed by atoms with Crippen LogP contribution in [0.4, 0.5) is 0 Å². The van der Waals surface area contributed by atoms with Gasteiger partial charge in [-0.3, -0.25) is 0 Å². The summed E-state index contributed by atoms with van der Waals surface area (Å²) in [6.45, 7) is 2.12. The summed E-state index contributed by atoms with van der Waals surface area (Å²) in [5, 5.41) is 10.6. The summed E-state index contributed by atoms with van der Waals surface area (Å²) in [6, 6.07) is 30.6. The van der Waals surface area contributed by atoms with Gasteiger partial charge in [0, 0.05) is 20.4 Å². The Kier molecular flexibility index (Phi) is 7.01. The smallest absolute Gasteiger partial charge is 0.0827 e. The Labute approximate surface area is 164 Å². The van der Waals surface area contributed by atoms with Gasteiger partial charge in [-0.1, -0.05) is 90.3 Å². The molecular weight excluding hydrogens is 356 g/mol. The van der Waals surface area contributed by atoms with Crippen molar-refractivity contribution >= 4 is 23.5 Å². The molecule has 3 aromatic rings. The predicted molar refractivity (Wildman–Crippen MR) is 113 cm³/mol. The number of benzene rings is 3. The Balaban J connectivity index is 1.83. The van der Waals surface area contributed by atoms with E-state index >= 15 is 0 Å². The van der Waals surface area contributed by atoms with Crippen LogP contribution in [0.15, 0.2) is 111 Å². The van der Waals surface area contributed by atoms with Crippen molar-refractivity contribution in [1.82, 2.24) is 0 Å². The highest BCUT2D eigenvalue weighted by Crippen LogP contribution is 2.42. The van der Waals surface area contributed by atoms with Gasteiger partial charge in [0.15, 0.2) is 0 Å². The van der Waals surface area contributed by atoms with Gasteiger partial charge in [-0.25, -0.2) is 0 Å². The van der Waals surface area contributed by atoms with Crippen LogP contribution in [0.3, 0.4) is 0 Å². The minimum Gasteiger partial charge on any atom is -0.388 e. The van der Waals surface area contributed by atoms with Crippen LogP contribution in [0, 0.1) is 0 Å². The van der Waals surface area contributed by atoms with Crippen molar-refractivity contribution in [2.24, 2.45) is 0 Å². The molecule has 0 radical (unpaired) electrons. The number of thioether (sulfide) groups is 2. The van der Waals surface area contributed by atoms with Crippen LogP contribution in [0.2, 0.25) is 0 Å². The van der Waals surface area contributed by atoms with E-state index < -0.39 is 6.10 Å². The molecule has 0 saturated carbocycles. The van der Waals surface area contributed by atoms with Crippen molar-refractivity contribution in [1.29, 1.82) is 0 Å². The summed E-state index contributed by atoms with van der Waals surface area (Å²) in [5.74, 6) is 0. The molecule has 0 aromatic heterocycles. The van der Waals surface area contributed by atoms with Gasteiger partial charge in [-0.05, 0) is 42.3 Å². The van der Waals surface area contributed by atoms with Crippen LogP contribution < -0.4 is 0 Å². The van der Waals surface area contributed by atoms with Crippen molar-refractivity contribution < 1.29 is 5.11 Å². The second-order valence-corrected chi connectivity index (χ2v) is 8.45. The molecule has 26 heavy (non-hydrogen) atoms. The molecule has 3 aromatic carbocycles. The standard InChI is InChI=1S/C23H22OS2/c1-18(17-22(24)19-11-5-2-6-12-19)23(25-20-13-7-3-8-14-20)26-21-15-9-4-10-16-21/h2-16,22,24H,17H2,1H3/t22-/m1/s1. The number of hydrogen-bond acceptors (Lipinski definition) is 3. The van der Waals surface area contributed by atoms with Crippen molar-refractivity contribution in [2.45, 2.75) is 29.2 Å². The quantitative estimate of drug-likeness (QED) is 0.450. The van der Waals surface area contributed by atoms with E-state index in [0.717, 1.165) is 5.56 Å². The summed E-state index contributed by atoms with van der Waals surface area (Å²) in [6.07, 6.45) is 0.137. The Morgan fingerprint density at radius 3 is 1.62 bits per heavy atom. The SMILES string of the molecule is CC(C[C@@H](O)c1ccccc1)=C(Sc1ccccc1)Sc1ccccc1. The van der Waals surface area contributed by atoms with E-state index in [-0.39, 0.29) is 0 Å². The Bertz CT molecular complexity index is 786. The van der Waals surface area contributed by atoms with E-state index in [1.807, 2.05) is 42.5 Å². The fourth-order valence-corrected chi connectivity index (χ4v) is 4.83. The lowest BCUT2D eigenvalue weighted by atomic mass is 10.0. The first kappa shape index (κ1) is 18.8. The first-order chi connectivity index (χ1) is 12.7. The Morgan fingerprint density at radius 2 is 1.15 bits per heavy atom. The highest BCUT2D eigenvalue weighted by Gasteiger charge is 2.13.